The fraction of sp³-hybridized carbons (Fsp3) is 1.00. The van der Waals surface area contributed by atoms with E-state index in [1.807, 2.05) is 18.7 Å². The molecule has 1 heterocycles. The fourth-order valence-electron chi connectivity index (χ4n) is 1.39. The molecule has 1 N–H and O–H groups in total. The Balaban J connectivity index is 2.07. The van der Waals surface area contributed by atoms with E-state index in [1.165, 1.54) is 11.5 Å². The van der Waals surface area contributed by atoms with E-state index in [9.17, 15) is 5.11 Å². The van der Waals surface area contributed by atoms with Gasteiger partial charge in [-0.05, 0) is 6.92 Å². The molecule has 0 saturated carbocycles. The van der Waals surface area contributed by atoms with Crippen LogP contribution in [0, 0.1) is 0 Å². The van der Waals surface area contributed by atoms with Gasteiger partial charge in [-0.15, -0.1) is 0 Å². The third-order valence-corrected chi connectivity index (χ3v) is 3.03. The Hall–Kier alpha value is 0.230. The smallest absolute Gasteiger partial charge is 0.0900 e. The molecule has 1 unspecified atom stereocenters. The predicted molar refractivity (Wildman–Crippen MR) is 56.3 cm³/mol. The summed E-state index contributed by atoms with van der Waals surface area (Å²) in [5, 5.41) is 9.56. The van der Waals surface area contributed by atoms with E-state index >= 15 is 0 Å². The minimum absolute atomic E-state index is 0.317. The molecule has 0 radical (unpaired) electrons. The summed E-state index contributed by atoms with van der Waals surface area (Å²) in [6.45, 7) is 6.08. The molecule has 0 spiro atoms. The van der Waals surface area contributed by atoms with Gasteiger partial charge in [0, 0.05) is 37.7 Å². The highest BCUT2D eigenvalue weighted by Crippen LogP contribution is 2.09. The van der Waals surface area contributed by atoms with Gasteiger partial charge in [-0.3, -0.25) is 4.90 Å². The molecule has 13 heavy (non-hydrogen) atoms. The van der Waals surface area contributed by atoms with E-state index in [2.05, 4.69) is 4.90 Å². The maximum atomic E-state index is 9.56. The van der Waals surface area contributed by atoms with Crippen LogP contribution in [-0.2, 0) is 4.74 Å². The summed E-state index contributed by atoms with van der Waals surface area (Å²) in [6, 6.07) is 0. The third-order valence-electron chi connectivity index (χ3n) is 2.09. The summed E-state index contributed by atoms with van der Waals surface area (Å²) in [6.07, 6.45) is -0.317. The molecule has 0 aromatic heterocycles. The SMILES string of the molecule is CCOCC(O)CN1CCSCC1. The van der Waals surface area contributed by atoms with Crippen LogP contribution in [0.5, 0.6) is 0 Å². The van der Waals surface area contributed by atoms with Gasteiger partial charge in [0.1, 0.15) is 0 Å². The maximum Gasteiger partial charge on any atom is 0.0900 e. The van der Waals surface area contributed by atoms with Crippen molar-refractivity contribution >= 4 is 11.8 Å². The lowest BCUT2D eigenvalue weighted by Gasteiger charge is -2.27. The van der Waals surface area contributed by atoms with E-state index < -0.39 is 0 Å². The zero-order chi connectivity index (χ0) is 9.52. The van der Waals surface area contributed by atoms with Crippen molar-refractivity contribution in [3.63, 3.8) is 0 Å². The van der Waals surface area contributed by atoms with Crippen LogP contribution < -0.4 is 0 Å². The second-order valence-electron chi connectivity index (χ2n) is 3.23. The molecule has 0 bridgehead atoms. The molecule has 1 aliphatic heterocycles. The molecule has 4 heteroatoms. The lowest BCUT2D eigenvalue weighted by atomic mass is 10.3. The first-order chi connectivity index (χ1) is 6.33. The molecule has 78 valence electrons. The number of ether oxygens (including phenoxy) is 1. The molecule has 1 fully saturated rings. The fourth-order valence-corrected chi connectivity index (χ4v) is 2.37. The first kappa shape index (κ1) is 11.3. The number of nitrogens with zero attached hydrogens (tertiary/aromatic N) is 1. The van der Waals surface area contributed by atoms with Crippen molar-refractivity contribution in [1.82, 2.24) is 4.90 Å². The van der Waals surface area contributed by atoms with Gasteiger partial charge in [0.05, 0.1) is 12.7 Å². The second kappa shape index (κ2) is 6.65. The molecule has 1 rings (SSSR count). The van der Waals surface area contributed by atoms with E-state index in [0.29, 0.717) is 13.2 Å². The molecular formula is C9H19NO2S. The van der Waals surface area contributed by atoms with Crippen molar-refractivity contribution in [3.8, 4) is 0 Å². The van der Waals surface area contributed by atoms with Gasteiger partial charge in [0.15, 0.2) is 0 Å². The van der Waals surface area contributed by atoms with Gasteiger partial charge in [-0.2, -0.15) is 11.8 Å². The normalized spacial score (nSPS) is 21.7. The van der Waals surface area contributed by atoms with Crippen LogP contribution in [0.4, 0.5) is 0 Å². The maximum absolute atomic E-state index is 9.56. The molecule has 0 amide bonds. The number of aliphatic hydroxyl groups is 1. The Labute approximate surface area is 84.4 Å². The molecule has 0 aromatic rings. The molecule has 1 atom stereocenters. The Bertz CT molecular complexity index is 129. The highest BCUT2D eigenvalue weighted by molar-refractivity contribution is 7.99. The van der Waals surface area contributed by atoms with Gasteiger partial charge in [0.2, 0.25) is 0 Å². The first-order valence-electron chi connectivity index (χ1n) is 4.89. The third kappa shape index (κ3) is 4.86. The average Bonchev–Trinajstić information content (AvgIpc) is 2.16. The number of hydrogen-bond donors (Lipinski definition) is 1. The van der Waals surface area contributed by atoms with Crippen molar-refractivity contribution in [2.75, 3.05) is 44.4 Å². The molecule has 0 aromatic carbocycles. The van der Waals surface area contributed by atoms with Crippen LogP contribution in [0.25, 0.3) is 0 Å². The van der Waals surface area contributed by atoms with Crippen LogP contribution in [-0.4, -0.2) is 60.5 Å². The molecular weight excluding hydrogens is 186 g/mol. The molecule has 3 nitrogen and oxygen atoms in total. The molecule has 1 saturated heterocycles. The summed E-state index contributed by atoms with van der Waals surface area (Å²) in [4.78, 5) is 2.31. The quantitative estimate of drug-likeness (QED) is 0.705. The first-order valence-corrected chi connectivity index (χ1v) is 6.04. The molecule has 0 aliphatic carbocycles. The van der Waals surface area contributed by atoms with Gasteiger partial charge < -0.3 is 9.84 Å². The van der Waals surface area contributed by atoms with Crippen molar-refractivity contribution < 1.29 is 9.84 Å². The number of β-amino-alcohol motifs (C(OH)–C–C–N with tert-alkyl or cyclic N) is 1. The Kier molecular flexibility index (Phi) is 5.78. The number of rotatable bonds is 5. The molecule has 1 aliphatic rings. The largest absolute Gasteiger partial charge is 0.389 e. The Morgan fingerprint density at radius 3 is 2.77 bits per heavy atom. The summed E-state index contributed by atoms with van der Waals surface area (Å²) in [5.74, 6) is 2.39. The zero-order valence-corrected chi connectivity index (χ0v) is 9.05. The summed E-state index contributed by atoms with van der Waals surface area (Å²) < 4.78 is 5.15. The lowest BCUT2D eigenvalue weighted by Crippen LogP contribution is -2.39. The number of hydrogen-bond acceptors (Lipinski definition) is 4. The monoisotopic (exact) mass is 205 g/mol. The van der Waals surface area contributed by atoms with Crippen LogP contribution in [0.1, 0.15) is 6.92 Å². The number of thioether (sulfide) groups is 1. The highest BCUT2D eigenvalue weighted by atomic mass is 32.2. The van der Waals surface area contributed by atoms with Crippen LogP contribution in [0.3, 0.4) is 0 Å². The van der Waals surface area contributed by atoms with Crippen molar-refractivity contribution in [2.24, 2.45) is 0 Å². The van der Waals surface area contributed by atoms with E-state index in [0.717, 1.165) is 19.6 Å². The standard InChI is InChI=1S/C9H19NO2S/c1-2-12-8-9(11)7-10-3-5-13-6-4-10/h9,11H,2-8H2,1H3. The lowest BCUT2D eigenvalue weighted by molar-refractivity contribution is 0.0229. The van der Waals surface area contributed by atoms with Crippen molar-refractivity contribution in [3.05, 3.63) is 0 Å². The van der Waals surface area contributed by atoms with Gasteiger partial charge in [-0.25, -0.2) is 0 Å². The van der Waals surface area contributed by atoms with Crippen molar-refractivity contribution in [2.45, 2.75) is 13.0 Å². The predicted octanol–water partition coefficient (Wildman–Crippen LogP) is 0.433. The minimum Gasteiger partial charge on any atom is -0.389 e. The van der Waals surface area contributed by atoms with Crippen LogP contribution in [0.15, 0.2) is 0 Å². The van der Waals surface area contributed by atoms with Gasteiger partial charge in [0.25, 0.3) is 0 Å². The highest BCUT2D eigenvalue weighted by Gasteiger charge is 2.14. The zero-order valence-electron chi connectivity index (χ0n) is 8.24. The average molecular weight is 205 g/mol. The Morgan fingerprint density at radius 2 is 2.15 bits per heavy atom. The number of aliphatic hydroxyl groups excluding tert-OH is 1. The van der Waals surface area contributed by atoms with Gasteiger partial charge in [-0.1, -0.05) is 0 Å². The topological polar surface area (TPSA) is 32.7 Å². The summed E-state index contributed by atoms with van der Waals surface area (Å²) in [5.41, 5.74) is 0. The summed E-state index contributed by atoms with van der Waals surface area (Å²) >= 11 is 1.99. The minimum atomic E-state index is -0.317. The van der Waals surface area contributed by atoms with E-state index in [-0.39, 0.29) is 6.10 Å². The summed E-state index contributed by atoms with van der Waals surface area (Å²) in [7, 11) is 0. The van der Waals surface area contributed by atoms with Crippen LogP contribution >= 0.6 is 11.8 Å². The van der Waals surface area contributed by atoms with E-state index in [1.54, 1.807) is 0 Å². The van der Waals surface area contributed by atoms with Crippen LogP contribution in [0.2, 0.25) is 0 Å². The van der Waals surface area contributed by atoms with Crippen molar-refractivity contribution in [1.29, 1.82) is 0 Å². The second-order valence-corrected chi connectivity index (χ2v) is 4.45. The van der Waals surface area contributed by atoms with E-state index in [4.69, 9.17) is 4.74 Å². The van der Waals surface area contributed by atoms with Gasteiger partial charge >= 0.3 is 0 Å². The Morgan fingerprint density at radius 1 is 1.46 bits per heavy atom.